The summed E-state index contributed by atoms with van der Waals surface area (Å²) in [6, 6.07) is 22.7. The van der Waals surface area contributed by atoms with Crippen LogP contribution in [0.2, 0.25) is 0 Å². The van der Waals surface area contributed by atoms with Gasteiger partial charge in [0.15, 0.2) is 23.8 Å². The van der Waals surface area contributed by atoms with Gasteiger partial charge in [0, 0.05) is 37.7 Å². The molecule has 478 valence electrons. The van der Waals surface area contributed by atoms with Crippen LogP contribution in [-0.2, 0) is 61.8 Å². The van der Waals surface area contributed by atoms with Gasteiger partial charge in [-0.15, -0.1) is 0 Å². The average molecular weight is 1220 g/mol. The molecule has 4 fully saturated rings. The molecule has 2 saturated heterocycles. The van der Waals surface area contributed by atoms with Crippen molar-refractivity contribution in [1.29, 1.82) is 0 Å². The van der Waals surface area contributed by atoms with E-state index in [-0.39, 0.29) is 48.5 Å². The third kappa shape index (κ3) is 15.1. The van der Waals surface area contributed by atoms with Crippen LogP contribution in [0.3, 0.4) is 0 Å². The first-order valence-electron chi connectivity index (χ1n) is 31.4. The molecule has 3 aromatic rings. The summed E-state index contributed by atoms with van der Waals surface area (Å²) in [4.78, 5) is 101. The summed E-state index contributed by atoms with van der Waals surface area (Å²) in [6.07, 6.45) is 6.99. The number of aliphatic hydroxyl groups excluding tert-OH is 1. The molecule has 5 aliphatic rings. The number of esters is 4. The molecule has 1 amide bonds. The van der Waals surface area contributed by atoms with Crippen molar-refractivity contribution in [2.24, 2.45) is 16.7 Å². The number of fused-ring (bicyclic) bond motifs is 5. The number of nitrogens with one attached hydrogen (secondary N) is 1. The fourth-order valence-electron chi connectivity index (χ4n) is 13.7. The van der Waals surface area contributed by atoms with Crippen LogP contribution in [0, 0.1) is 16.7 Å². The molecule has 2 aliphatic heterocycles. The molecule has 0 radical (unpaired) electrons. The molecule has 3 aliphatic carbocycles. The number of hydrogen-bond acceptors (Lipinski definition) is 18. The number of unbranched alkanes of at least 4 members (excludes halogenated alkanes) is 11. The topological polar surface area (TPSA) is 255 Å². The van der Waals surface area contributed by atoms with E-state index >= 15 is 9.59 Å². The minimum atomic E-state index is -2.49. The van der Waals surface area contributed by atoms with Crippen LogP contribution >= 0.6 is 0 Å². The lowest BCUT2D eigenvalue weighted by Crippen LogP contribution is -2.82. The number of carbonyl (C=O) groups is 7. The van der Waals surface area contributed by atoms with E-state index in [0.717, 1.165) is 58.8 Å². The van der Waals surface area contributed by atoms with Crippen LogP contribution in [-0.4, -0.2) is 132 Å². The van der Waals surface area contributed by atoms with E-state index in [4.69, 9.17) is 42.6 Å². The molecule has 88 heavy (non-hydrogen) atoms. The summed E-state index contributed by atoms with van der Waals surface area (Å²) in [5, 5.41) is 29.3. The van der Waals surface area contributed by atoms with Gasteiger partial charge in [-0.3, -0.25) is 19.2 Å². The summed E-state index contributed by atoms with van der Waals surface area (Å²) in [5.74, 6) is -7.13. The average Bonchev–Trinajstić information content (AvgIpc) is 0.817. The smallest absolute Gasteiger partial charge is 0.455 e. The number of aliphatic hydroxyl groups is 2. The van der Waals surface area contributed by atoms with Crippen molar-refractivity contribution < 1.29 is 86.4 Å². The molecule has 3 aromatic carbocycles. The first kappa shape index (κ1) is 67.2. The maximum absolute atomic E-state index is 15.9. The van der Waals surface area contributed by atoms with Crippen LogP contribution in [0.25, 0.3) is 0 Å². The molecule has 2 heterocycles. The zero-order chi connectivity index (χ0) is 63.2. The molecule has 0 aromatic heterocycles. The summed E-state index contributed by atoms with van der Waals surface area (Å²) >= 11 is 0. The molecule has 2 bridgehead atoms. The van der Waals surface area contributed by atoms with Crippen LogP contribution in [0.5, 0.6) is 0 Å². The highest BCUT2D eigenvalue weighted by molar-refractivity contribution is 5.96. The predicted octanol–water partition coefficient (Wildman–Crippen LogP) is 10.7. The monoisotopic (exact) mass is 1220 g/mol. The number of carbonyl (C=O) groups excluding carboxylic acids is 7. The Hall–Kier alpha value is -6.77. The lowest BCUT2D eigenvalue weighted by atomic mass is 9.44. The largest absolute Gasteiger partial charge is 0.509 e. The first-order valence-corrected chi connectivity index (χ1v) is 31.4. The van der Waals surface area contributed by atoms with E-state index in [1.807, 2.05) is 0 Å². The molecule has 0 spiro atoms. The van der Waals surface area contributed by atoms with Crippen molar-refractivity contribution in [3.63, 3.8) is 0 Å². The van der Waals surface area contributed by atoms with E-state index in [1.54, 1.807) is 92.7 Å². The molecule has 19 heteroatoms. The Labute approximate surface area is 516 Å². The van der Waals surface area contributed by atoms with Crippen LogP contribution in [0.15, 0.2) is 114 Å². The fraction of sp³-hybridized carbons (Fsp3) is 0.580. The second kappa shape index (κ2) is 30.2. The number of hydrogen-bond donors (Lipinski definition) is 3. The molecular weight excluding hydrogens is 1130 g/mol. The Kier molecular flexibility index (Phi) is 23.0. The summed E-state index contributed by atoms with van der Waals surface area (Å²) in [7, 11) is 0. The van der Waals surface area contributed by atoms with Crippen molar-refractivity contribution in [2.45, 2.75) is 217 Å². The number of amides is 1. The quantitative estimate of drug-likeness (QED) is 0.0264. The first-order chi connectivity index (χ1) is 42.2. The second-order valence-corrected chi connectivity index (χ2v) is 24.9. The van der Waals surface area contributed by atoms with Gasteiger partial charge in [-0.05, 0) is 93.3 Å². The van der Waals surface area contributed by atoms with Gasteiger partial charge in [-0.25, -0.2) is 14.4 Å². The summed E-state index contributed by atoms with van der Waals surface area (Å²) < 4.78 is 54.7. The lowest BCUT2D eigenvalue weighted by Gasteiger charge is -2.67. The Balaban J connectivity index is 1.06. The third-order valence-electron chi connectivity index (χ3n) is 18.6. The Morgan fingerprint density at radius 2 is 1.35 bits per heavy atom. The number of allylic oxidation sites excluding steroid dienone is 2. The SMILES string of the molecule is CCCCCCCC/C=C\CCCCCCCC1OC[C@H](COC(=O)O[C@@H](C(=O)O[C@H]2C[C@@]3(O)[C@@H](OC(=O)c4ccccc4)[C@@H]4[C@]5(OC(C)=O)CO[C@@H]5C[C@H](O)[C@@]4(C)C(=O)[C@H](OC(C)=O)C(=C2C)C3(C)C)[C@@H](NC(=O)c2ccccc2)c2ccccc2)O1. The van der Waals surface area contributed by atoms with Gasteiger partial charge in [0.2, 0.25) is 6.10 Å². The highest BCUT2D eigenvalue weighted by atomic mass is 16.8. The standard InChI is InChI=1S/C69H89NO18/c1-8-9-10-11-12-13-14-15-16-17-18-19-20-21-31-38-54-80-41-50(84-54)42-81-65(78)86-58(56(47-32-25-22-26-33-47)70-62(75)48-34-27-23-28-35-48)64(77)85-51-40-69(79)61(87-63(76)49-36-29-24-30-37-49)59-67(7,52(73)39-53-68(59,43-82-53)88-46(4)72)60(74)57(83-45(3)71)55(44(51)2)66(69,5)6/h15-16,22-30,32-37,50-54,56-59,61,73,79H,8-14,17-21,31,38-43H2,1-7H3,(H,70,75)/b16-15-/t50-,51+,52+,53-,54?,56+,57-,58-,59+,61+,67-,68+,69-/m1/s1. The van der Waals surface area contributed by atoms with E-state index < -0.39 is 131 Å². The Morgan fingerprint density at radius 3 is 1.95 bits per heavy atom. The molecule has 3 N–H and O–H groups in total. The summed E-state index contributed by atoms with van der Waals surface area (Å²) in [5.41, 5.74) is -7.59. The third-order valence-corrected chi connectivity index (χ3v) is 18.6. The van der Waals surface area contributed by atoms with Crippen LogP contribution in [0.4, 0.5) is 4.79 Å². The minimum absolute atomic E-state index is 0.0405. The molecule has 13 atom stereocenters. The van der Waals surface area contributed by atoms with E-state index in [1.165, 1.54) is 64.5 Å². The van der Waals surface area contributed by atoms with Gasteiger partial charge in [0.05, 0.1) is 36.2 Å². The van der Waals surface area contributed by atoms with Gasteiger partial charge in [0.1, 0.15) is 42.7 Å². The van der Waals surface area contributed by atoms with E-state index in [0.29, 0.717) is 12.0 Å². The molecule has 2 saturated carbocycles. The maximum Gasteiger partial charge on any atom is 0.509 e. The van der Waals surface area contributed by atoms with Crippen molar-refractivity contribution in [2.75, 3.05) is 19.8 Å². The van der Waals surface area contributed by atoms with Crippen molar-refractivity contribution >= 4 is 41.7 Å². The highest BCUT2D eigenvalue weighted by Crippen LogP contribution is 2.64. The number of benzene rings is 3. The zero-order valence-electron chi connectivity index (χ0n) is 51.9. The van der Waals surface area contributed by atoms with Gasteiger partial charge in [-0.1, -0.05) is 151 Å². The molecule has 1 unspecified atom stereocenters. The number of ketones is 1. The van der Waals surface area contributed by atoms with Gasteiger partial charge in [-0.2, -0.15) is 0 Å². The van der Waals surface area contributed by atoms with E-state index in [9.17, 15) is 34.2 Å². The molecule has 19 nitrogen and oxygen atoms in total. The fourth-order valence-corrected chi connectivity index (χ4v) is 13.7. The van der Waals surface area contributed by atoms with Gasteiger partial charge >= 0.3 is 30.0 Å². The minimum Gasteiger partial charge on any atom is -0.455 e. The molecule has 8 rings (SSSR count). The van der Waals surface area contributed by atoms with Gasteiger partial charge in [0.25, 0.3) is 5.91 Å². The summed E-state index contributed by atoms with van der Waals surface area (Å²) in [6.45, 7) is 9.94. The molecular formula is C69H89NO18. The highest BCUT2D eigenvalue weighted by Gasteiger charge is 2.78. The van der Waals surface area contributed by atoms with Gasteiger partial charge < -0.3 is 58.2 Å². The van der Waals surface area contributed by atoms with Crippen molar-refractivity contribution in [3.05, 3.63) is 131 Å². The number of Topliss-reactive ketones (excluding diaryl/α,β-unsaturated/α-hetero) is 1. The van der Waals surface area contributed by atoms with Crippen LogP contribution < -0.4 is 5.32 Å². The van der Waals surface area contributed by atoms with E-state index in [2.05, 4.69) is 24.4 Å². The number of rotatable bonds is 28. The lowest BCUT2D eigenvalue weighted by molar-refractivity contribution is -0.346. The van der Waals surface area contributed by atoms with Crippen molar-refractivity contribution in [1.82, 2.24) is 5.32 Å². The Morgan fingerprint density at radius 1 is 0.750 bits per heavy atom. The van der Waals surface area contributed by atoms with Crippen LogP contribution in [0.1, 0.15) is 184 Å². The number of ether oxygens (including phenoxy) is 9. The van der Waals surface area contributed by atoms with Crippen molar-refractivity contribution in [3.8, 4) is 0 Å². The maximum atomic E-state index is 15.9. The normalized spacial score (nSPS) is 28.5. The second-order valence-electron chi connectivity index (χ2n) is 24.9. The predicted molar refractivity (Wildman–Crippen MR) is 322 cm³/mol. The zero-order valence-corrected chi connectivity index (χ0v) is 51.9. The Bertz CT molecular complexity index is 2950.